The second-order valence-corrected chi connectivity index (χ2v) is 4.74. The van der Waals surface area contributed by atoms with Gasteiger partial charge in [-0.25, -0.2) is 9.97 Å². The van der Waals surface area contributed by atoms with E-state index in [-0.39, 0.29) is 0 Å². The second kappa shape index (κ2) is 4.90. The molecule has 4 rings (SSSR count). The minimum Gasteiger partial charge on any atom is -0.485 e. The summed E-state index contributed by atoms with van der Waals surface area (Å²) in [5, 5.41) is 2.34. The number of para-hydroxylation sites is 1. The van der Waals surface area contributed by atoms with Gasteiger partial charge in [0.05, 0.1) is 11.6 Å². The lowest BCUT2D eigenvalue weighted by Gasteiger charge is -2.04. The topological polar surface area (TPSA) is 50.8 Å². The molecule has 2 aromatic carbocycles. The zero-order valence-electron chi connectivity index (χ0n) is 11.2. The molecule has 0 spiro atoms. The van der Waals surface area contributed by atoms with Crippen molar-refractivity contribution in [2.24, 2.45) is 0 Å². The third-order valence-corrected chi connectivity index (χ3v) is 3.37. The molecule has 0 unspecified atom stereocenters. The minimum absolute atomic E-state index is 0.336. The molecule has 4 aromatic rings. The molecule has 0 amide bonds. The van der Waals surface area contributed by atoms with Crippen molar-refractivity contribution in [3.05, 3.63) is 66.7 Å². The van der Waals surface area contributed by atoms with Crippen LogP contribution < -0.4 is 4.74 Å². The van der Waals surface area contributed by atoms with Crippen LogP contribution >= 0.6 is 0 Å². The van der Waals surface area contributed by atoms with E-state index in [1.54, 1.807) is 18.5 Å². The van der Waals surface area contributed by atoms with Crippen molar-refractivity contribution in [1.82, 2.24) is 15.0 Å². The summed E-state index contributed by atoms with van der Waals surface area (Å²) in [6.45, 7) is 0.336. The van der Waals surface area contributed by atoms with Crippen LogP contribution in [0.4, 0.5) is 0 Å². The van der Waals surface area contributed by atoms with Gasteiger partial charge in [0, 0.05) is 28.7 Å². The fourth-order valence-electron chi connectivity index (χ4n) is 2.39. The molecule has 0 saturated carbocycles. The Hall–Kier alpha value is -2.88. The smallest absolute Gasteiger partial charge is 0.166 e. The van der Waals surface area contributed by atoms with E-state index >= 15 is 0 Å². The first kappa shape index (κ1) is 11.9. The van der Waals surface area contributed by atoms with E-state index < -0.39 is 0 Å². The van der Waals surface area contributed by atoms with Gasteiger partial charge in [0.1, 0.15) is 12.4 Å². The van der Waals surface area contributed by atoms with Crippen molar-refractivity contribution in [2.75, 3.05) is 0 Å². The molecule has 101 valence electrons. The summed E-state index contributed by atoms with van der Waals surface area (Å²) in [7, 11) is 0. The molecule has 2 aromatic heterocycles. The standard InChI is InChI=1S/C17H12N3O/c1-2-5-15-13(4-1)14-7-6-12(10-16(14)20-15)21-11-17-18-8-3-9-19-17/h1-9,20H,11H2. The number of H-pyrrole nitrogens is 1. The zero-order valence-corrected chi connectivity index (χ0v) is 11.2. The van der Waals surface area contributed by atoms with Crippen LogP contribution in [0.5, 0.6) is 5.75 Å². The van der Waals surface area contributed by atoms with Crippen LogP contribution in [0.15, 0.2) is 54.9 Å². The predicted molar refractivity (Wildman–Crippen MR) is 81.0 cm³/mol. The molecule has 0 aliphatic heterocycles. The normalized spacial score (nSPS) is 11.0. The second-order valence-electron chi connectivity index (χ2n) is 4.74. The molecule has 1 radical (unpaired) electrons. The summed E-state index contributed by atoms with van der Waals surface area (Å²) < 4.78 is 5.70. The first-order chi connectivity index (χ1) is 10.4. The summed E-state index contributed by atoms with van der Waals surface area (Å²) >= 11 is 0. The van der Waals surface area contributed by atoms with E-state index in [1.165, 1.54) is 5.39 Å². The highest BCUT2D eigenvalue weighted by molar-refractivity contribution is 6.07. The van der Waals surface area contributed by atoms with Gasteiger partial charge in [-0.15, -0.1) is 0 Å². The van der Waals surface area contributed by atoms with E-state index in [0.717, 1.165) is 16.4 Å². The maximum absolute atomic E-state index is 5.70. The Morgan fingerprint density at radius 3 is 2.71 bits per heavy atom. The van der Waals surface area contributed by atoms with Gasteiger partial charge in [0.25, 0.3) is 0 Å². The number of aromatic nitrogens is 3. The van der Waals surface area contributed by atoms with Crippen LogP contribution in [0.25, 0.3) is 21.8 Å². The van der Waals surface area contributed by atoms with Crippen molar-refractivity contribution in [3.8, 4) is 5.75 Å². The lowest BCUT2D eigenvalue weighted by molar-refractivity contribution is 0.295. The largest absolute Gasteiger partial charge is 0.485 e. The molecule has 4 heteroatoms. The van der Waals surface area contributed by atoms with Crippen molar-refractivity contribution in [3.63, 3.8) is 0 Å². The molecule has 0 aliphatic carbocycles. The van der Waals surface area contributed by atoms with Gasteiger partial charge in [-0.1, -0.05) is 18.2 Å². The van der Waals surface area contributed by atoms with Crippen molar-refractivity contribution in [2.45, 2.75) is 6.61 Å². The zero-order chi connectivity index (χ0) is 14.1. The summed E-state index contributed by atoms with van der Waals surface area (Å²) in [6, 6.07) is 17.2. The van der Waals surface area contributed by atoms with Gasteiger partial charge in [-0.3, -0.25) is 0 Å². The highest BCUT2D eigenvalue weighted by Crippen LogP contribution is 2.27. The fourth-order valence-corrected chi connectivity index (χ4v) is 2.39. The predicted octanol–water partition coefficient (Wildman–Crippen LogP) is 3.49. The van der Waals surface area contributed by atoms with Crippen LogP contribution in [-0.4, -0.2) is 15.0 Å². The Bertz CT molecular complexity index is 900. The Morgan fingerprint density at radius 1 is 0.952 bits per heavy atom. The summed E-state index contributed by atoms with van der Waals surface area (Å²) in [6.07, 6.45) is 3.41. The van der Waals surface area contributed by atoms with Crippen LogP contribution in [0.2, 0.25) is 0 Å². The number of ether oxygens (including phenoxy) is 1. The molecular weight excluding hydrogens is 262 g/mol. The lowest BCUT2D eigenvalue weighted by atomic mass is 10.1. The van der Waals surface area contributed by atoms with E-state index in [0.29, 0.717) is 18.2 Å². The number of aromatic amines is 1. The minimum atomic E-state index is 0.336. The molecular formula is C17H12N3O. The average molecular weight is 274 g/mol. The number of hydrogen-bond acceptors (Lipinski definition) is 3. The monoisotopic (exact) mass is 274 g/mol. The lowest BCUT2D eigenvalue weighted by Crippen LogP contribution is -2.00. The van der Waals surface area contributed by atoms with E-state index in [1.807, 2.05) is 24.3 Å². The molecule has 0 saturated heterocycles. The Morgan fingerprint density at radius 2 is 1.81 bits per heavy atom. The van der Waals surface area contributed by atoms with Crippen LogP contribution in [0.1, 0.15) is 5.82 Å². The highest BCUT2D eigenvalue weighted by Gasteiger charge is 2.05. The first-order valence-electron chi connectivity index (χ1n) is 6.71. The molecule has 21 heavy (non-hydrogen) atoms. The van der Waals surface area contributed by atoms with E-state index in [2.05, 4.69) is 33.2 Å². The maximum Gasteiger partial charge on any atom is 0.166 e. The molecule has 4 nitrogen and oxygen atoms in total. The van der Waals surface area contributed by atoms with Crippen molar-refractivity contribution in [1.29, 1.82) is 0 Å². The summed E-state index contributed by atoms with van der Waals surface area (Å²) in [5.41, 5.74) is 2.05. The molecule has 0 aliphatic rings. The Labute approximate surface area is 121 Å². The van der Waals surface area contributed by atoms with Gasteiger partial charge in [-0.05, 0) is 24.3 Å². The summed E-state index contributed by atoms with van der Waals surface area (Å²) in [4.78, 5) is 11.6. The van der Waals surface area contributed by atoms with E-state index in [4.69, 9.17) is 4.74 Å². The number of nitrogens with zero attached hydrogens (tertiary/aromatic N) is 2. The Kier molecular flexibility index (Phi) is 2.78. The van der Waals surface area contributed by atoms with Crippen molar-refractivity contribution >= 4 is 21.8 Å². The third-order valence-electron chi connectivity index (χ3n) is 3.37. The van der Waals surface area contributed by atoms with Crippen LogP contribution in [-0.2, 0) is 6.61 Å². The number of hydrogen-bond donors (Lipinski definition) is 1. The van der Waals surface area contributed by atoms with Crippen LogP contribution in [0.3, 0.4) is 0 Å². The fraction of sp³-hybridized carbons (Fsp3) is 0.0588. The van der Waals surface area contributed by atoms with Crippen LogP contribution in [0, 0.1) is 6.07 Å². The van der Waals surface area contributed by atoms with Gasteiger partial charge >= 0.3 is 0 Å². The number of fused-ring (bicyclic) bond motifs is 3. The third kappa shape index (κ3) is 2.21. The van der Waals surface area contributed by atoms with Gasteiger partial charge < -0.3 is 9.72 Å². The van der Waals surface area contributed by atoms with Crippen molar-refractivity contribution < 1.29 is 4.74 Å². The highest BCUT2D eigenvalue weighted by atomic mass is 16.5. The van der Waals surface area contributed by atoms with Gasteiger partial charge in [0.2, 0.25) is 0 Å². The summed E-state index contributed by atoms with van der Waals surface area (Å²) in [5.74, 6) is 1.34. The first-order valence-corrected chi connectivity index (χ1v) is 6.71. The van der Waals surface area contributed by atoms with E-state index in [9.17, 15) is 0 Å². The Balaban J connectivity index is 1.66. The number of rotatable bonds is 3. The molecule has 1 N–H and O–H groups in total. The quantitative estimate of drug-likeness (QED) is 0.622. The SMILES string of the molecule is [c]1c(OCc2ncccn2)ccc2c1[nH]c1ccccc12. The molecule has 0 atom stereocenters. The number of nitrogens with one attached hydrogen (secondary N) is 1. The molecule has 0 bridgehead atoms. The maximum atomic E-state index is 5.70. The molecule has 0 fully saturated rings. The number of benzene rings is 2. The van der Waals surface area contributed by atoms with Gasteiger partial charge in [0.15, 0.2) is 5.82 Å². The van der Waals surface area contributed by atoms with Gasteiger partial charge in [-0.2, -0.15) is 0 Å². The average Bonchev–Trinajstić information content (AvgIpc) is 2.91. The molecule has 2 heterocycles.